The number of hydrogen-bond acceptors (Lipinski definition) is 3. The average molecular weight is 263 g/mol. The Morgan fingerprint density at radius 1 is 1.05 bits per heavy atom. The van der Waals surface area contributed by atoms with Crippen molar-refractivity contribution >= 4 is 0 Å². The molecule has 1 aliphatic rings. The van der Waals surface area contributed by atoms with E-state index in [-0.39, 0.29) is 17.5 Å². The van der Waals surface area contributed by atoms with Crippen LogP contribution in [0.25, 0.3) is 0 Å². The molecule has 0 bridgehead atoms. The van der Waals surface area contributed by atoms with Gasteiger partial charge in [0.1, 0.15) is 11.5 Å². The normalized spacial score (nSPS) is 25.8. The summed E-state index contributed by atoms with van der Waals surface area (Å²) in [5.41, 5.74) is 0.940. The molecule has 2 rings (SSSR count). The van der Waals surface area contributed by atoms with Crippen molar-refractivity contribution in [2.45, 2.75) is 58.0 Å². The van der Waals surface area contributed by atoms with Crippen molar-refractivity contribution in [2.75, 3.05) is 0 Å². The lowest BCUT2D eigenvalue weighted by Gasteiger charge is -2.22. The first-order valence-electron chi connectivity index (χ1n) is 7.33. The number of hydrogen-bond donors (Lipinski definition) is 3. The quantitative estimate of drug-likeness (QED) is 0.729. The van der Waals surface area contributed by atoms with E-state index in [4.69, 9.17) is 0 Å². The van der Waals surface area contributed by atoms with E-state index in [1.807, 2.05) is 0 Å². The Kier molecular flexibility index (Phi) is 4.70. The van der Waals surface area contributed by atoms with E-state index in [1.165, 1.54) is 38.2 Å². The number of rotatable bonds is 3. The largest absolute Gasteiger partial charge is 0.508 e. The van der Waals surface area contributed by atoms with Gasteiger partial charge in [-0.15, -0.1) is 0 Å². The van der Waals surface area contributed by atoms with E-state index >= 15 is 0 Å². The van der Waals surface area contributed by atoms with Gasteiger partial charge in [0.05, 0.1) is 0 Å². The van der Waals surface area contributed by atoms with Crippen molar-refractivity contribution < 1.29 is 10.2 Å². The molecule has 0 saturated heterocycles. The third kappa shape index (κ3) is 4.13. The van der Waals surface area contributed by atoms with Gasteiger partial charge in [-0.2, -0.15) is 0 Å². The molecular weight excluding hydrogens is 238 g/mol. The summed E-state index contributed by atoms with van der Waals surface area (Å²) < 4.78 is 0. The average Bonchev–Trinajstić information content (AvgIpc) is 2.53. The van der Waals surface area contributed by atoms with Crippen LogP contribution in [0.3, 0.4) is 0 Å². The molecule has 0 aliphatic heterocycles. The van der Waals surface area contributed by atoms with Crippen molar-refractivity contribution in [3.05, 3.63) is 23.8 Å². The van der Waals surface area contributed by atoms with Crippen LogP contribution in [0.1, 0.15) is 57.6 Å². The van der Waals surface area contributed by atoms with Gasteiger partial charge in [-0.1, -0.05) is 19.8 Å². The van der Waals surface area contributed by atoms with Crippen LogP contribution in [0.2, 0.25) is 0 Å². The molecule has 3 unspecified atom stereocenters. The molecule has 0 amide bonds. The molecule has 106 valence electrons. The number of phenols is 2. The summed E-state index contributed by atoms with van der Waals surface area (Å²) in [6.07, 6.45) is 6.35. The second kappa shape index (κ2) is 6.29. The minimum atomic E-state index is 0.123. The molecule has 19 heavy (non-hydrogen) atoms. The van der Waals surface area contributed by atoms with Gasteiger partial charge in [-0.3, -0.25) is 0 Å². The Morgan fingerprint density at radius 2 is 1.74 bits per heavy atom. The van der Waals surface area contributed by atoms with Crippen molar-refractivity contribution in [1.29, 1.82) is 0 Å². The van der Waals surface area contributed by atoms with Gasteiger partial charge in [-0.25, -0.2) is 0 Å². The van der Waals surface area contributed by atoms with Crippen molar-refractivity contribution in [3.63, 3.8) is 0 Å². The summed E-state index contributed by atoms with van der Waals surface area (Å²) in [5, 5.41) is 22.7. The lowest BCUT2D eigenvalue weighted by Crippen LogP contribution is -2.31. The molecule has 1 aliphatic carbocycles. The molecule has 0 aromatic heterocycles. The van der Waals surface area contributed by atoms with Crippen LogP contribution in [-0.4, -0.2) is 16.3 Å². The van der Waals surface area contributed by atoms with Gasteiger partial charge in [0.2, 0.25) is 0 Å². The first kappa shape index (κ1) is 14.2. The topological polar surface area (TPSA) is 52.5 Å². The summed E-state index contributed by atoms with van der Waals surface area (Å²) in [5.74, 6) is 1.09. The van der Waals surface area contributed by atoms with Gasteiger partial charge < -0.3 is 15.5 Å². The predicted molar refractivity (Wildman–Crippen MR) is 77.4 cm³/mol. The van der Waals surface area contributed by atoms with Crippen LogP contribution in [-0.2, 0) is 0 Å². The lowest BCUT2D eigenvalue weighted by atomic mass is 10.0. The minimum Gasteiger partial charge on any atom is -0.508 e. The zero-order valence-corrected chi connectivity index (χ0v) is 11.9. The smallest absolute Gasteiger partial charge is 0.119 e. The molecule has 1 aromatic rings. The fourth-order valence-corrected chi connectivity index (χ4v) is 2.97. The standard InChI is InChI=1S/C16H25NO2/c1-11-4-3-5-14(7-6-11)17-12(2)13-8-15(18)10-16(19)9-13/h8-12,14,17-19H,3-7H2,1-2H3. The summed E-state index contributed by atoms with van der Waals surface area (Å²) >= 11 is 0. The Labute approximate surface area is 115 Å². The van der Waals surface area contributed by atoms with Crippen LogP contribution < -0.4 is 5.32 Å². The summed E-state index contributed by atoms with van der Waals surface area (Å²) in [6.45, 7) is 4.42. The maximum Gasteiger partial charge on any atom is 0.119 e. The van der Waals surface area contributed by atoms with Crippen molar-refractivity contribution in [3.8, 4) is 11.5 Å². The molecular formula is C16H25NO2. The van der Waals surface area contributed by atoms with E-state index in [0.717, 1.165) is 11.5 Å². The maximum absolute atomic E-state index is 9.54. The third-order valence-corrected chi connectivity index (χ3v) is 4.17. The molecule has 3 heteroatoms. The Hall–Kier alpha value is -1.22. The molecule has 3 N–H and O–H groups in total. The monoisotopic (exact) mass is 263 g/mol. The Morgan fingerprint density at radius 3 is 2.42 bits per heavy atom. The molecule has 1 aromatic carbocycles. The molecule has 0 heterocycles. The molecule has 3 atom stereocenters. The fraction of sp³-hybridized carbons (Fsp3) is 0.625. The van der Waals surface area contributed by atoms with Gasteiger partial charge in [0.15, 0.2) is 0 Å². The van der Waals surface area contributed by atoms with E-state index in [9.17, 15) is 10.2 Å². The molecule has 1 saturated carbocycles. The van der Waals surface area contributed by atoms with Gasteiger partial charge in [0, 0.05) is 18.2 Å². The Bertz CT molecular complexity index is 399. The van der Waals surface area contributed by atoms with Crippen LogP contribution in [0, 0.1) is 5.92 Å². The van der Waals surface area contributed by atoms with Crippen LogP contribution in [0.4, 0.5) is 0 Å². The third-order valence-electron chi connectivity index (χ3n) is 4.17. The number of nitrogens with one attached hydrogen (secondary N) is 1. The van der Waals surface area contributed by atoms with Crippen LogP contribution >= 0.6 is 0 Å². The lowest BCUT2D eigenvalue weighted by molar-refractivity contribution is 0.403. The maximum atomic E-state index is 9.54. The molecule has 0 radical (unpaired) electrons. The predicted octanol–water partition coefficient (Wildman–Crippen LogP) is 3.72. The summed E-state index contributed by atoms with van der Waals surface area (Å²) in [7, 11) is 0. The van der Waals surface area contributed by atoms with Gasteiger partial charge >= 0.3 is 0 Å². The van der Waals surface area contributed by atoms with Gasteiger partial charge in [0.25, 0.3) is 0 Å². The highest BCUT2D eigenvalue weighted by atomic mass is 16.3. The van der Waals surface area contributed by atoms with Gasteiger partial charge in [-0.05, 0) is 49.8 Å². The SMILES string of the molecule is CC1CCCC(NC(C)c2cc(O)cc(O)c2)CC1. The summed E-state index contributed by atoms with van der Waals surface area (Å²) in [4.78, 5) is 0. The minimum absolute atomic E-state index is 0.123. The first-order valence-corrected chi connectivity index (χ1v) is 7.33. The van der Waals surface area contributed by atoms with Crippen LogP contribution in [0.5, 0.6) is 11.5 Å². The molecule has 3 nitrogen and oxygen atoms in total. The molecule has 1 fully saturated rings. The number of benzene rings is 1. The second-order valence-corrected chi connectivity index (χ2v) is 5.98. The highest BCUT2D eigenvalue weighted by Gasteiger charge is 2.18. The van der Waals surface area contributed by atoms with E-state index in [2.05, 4.69) is 19.2 Å². The van der Waals surface area contributed by atoms with E-state index in [0.29, 0.717) is 6.04 Å². The summed E-state index contributed by atoms with van der Waals surface area (Å²) in [6, 6.07) is 5.50. The highest BCUT2D eigenvalue weighted by molar-refractivity contribution is 5.37. The zero-order chi connectivity index (χ0) is 13.8. The Balaban J connectivity index is 1.97. The highest BCUT2D eigenvalue weighted by Crippen LogP contribution is 2.27. The number of phenolic OH excluding ortho intramolecular Hbond substituents is 2. The van der Waals surface area contributed by atoms with E-state index in [1.54, 1.807) is 12.1 Å². The molecule has 0 spiro atoms. The first-order chi connectivity index (χ1) is 9.04. The van der Waals surface area contributed by atoms with Crippen LogP contribution in [0.15, 0.2) is 18.2 Å². The fourth-order valence-electron chi connectivity index (χ4n) is 2.97. The van der Waals surface area contributed by atoms with Crippen molar-refractivity contribution in [1.82, 2.24) is 5.32 Å². The zero-order valence-electron chi connectivity index (χ0n) is 11.9. The number of aromatic hydroxyl groups is 2. The van der Waals surface area contributed by atoms with Crippen molar-refractivity contribution in [2.24, 2.45) is 5.92 Å². The van der Waals surface area contributed by atoms with E-state index < -0.39 is 0 Å². The second-order valence-electron chi connectivity index (χ2n) is 5.98.